The maximum absolute atomic E-state index is 13.1. The number of carbonyl (C=O) groups excluding carboxylic acids is 2. The molecule has 3 heterocycles. The molecule has 0 N–H and O–H groups in total. The SMILES string of the molecule is CCN(CC)C(=O)Cn1cnc2sc(C(=O)N3CCCC[C@H]3C)c(C)c2c1=O. The van der Waals surface area contributed by atoms with Gasteiger partial charge in [0.05, 0.1) is 16.6 Å². The first-order valence-electron chi connectivity index (χ1n) is 9.96. The van der Waals surface area contributed by atoms with Crippen LogP contribution < -0.4 is 5.56 Å². The van der Waals surface area contributed by atoms with Gasteiger partial charge in [-0.1, -0.05) is 0 Å². The van der Waals surface area contributed by atoms with Crippen LogP contribution in [0.2, 0.25) is 0 Å². The van der Waals surface area contributed by atoms with Crippen molar-refractivity contribution in [2.75, 3.05) is 19.6 Å². The van der Waals surface area contributed by atoms with Gasteiger partial charge in [-0.2, -0.15) is 0 Å². The van der Waals surface area contributed by atoms with E-state index >= 15 is 0 Å². The van der Waals surface area contributed by atoms with Gasteiger partial charge in [0.1, 0.15) is 11.4 Å². The quantitative estimate of drug-likeness (QED) is 0.768. The number of hydrogen-bond acceptors (Lipinski definition) is 5. The van der Waals surface area contributed by atoms with Crippen LogP contribution in [0.25, 0.3) is 10.2 Å². The Balaban J connectivity index is 1.95. The second-order valence-electron chi connectivity index (χ2n) is 7.32. The van der Waals surface area contributed by atoms with Crippen LogP contribution >= 0.6 is 11.3 Å². The molecule has 8 heteroatoms. The van der Waals surface area contributed by atoms with Crippen molar-refractivity contribution in [3.8, 4) is 0 Å². The van der Waals surface area contributed by atoms with Gasteiger partial charge in [-0.15, -0.1) is 11.3 Å². The summed E-state index contributed by atoms with van der Waals surface area (Å²) in [4.78, 5) is 47.6. The molecule has 1 aliphatic rings. The zero-order valence-electron chi connectivity index (χ0n) is 17.0. The van der Waals surface area contributed by atoms with Gasteiger partial charge in [0, 0.05) is 25.7 Å². The molecular weight excluding hydrogens is 376 g/mol. The predicted octanol–water partition coefficient (Wildman–Crippen LogP) is 2.65. The maximum atomic E-state index is 13.1. The summed E-state index contributed by atoms with van der Waals surface area (Å²) in [6, 6.07) is 0.210. The summed E-state index contributed by atoms with van der Waals surface area (Å²) in [6.07, 6.45) is 4.58. The monoisotopic (exact) mass is 404 g/mol. The normalized spacial score (nSPS) is 17.1. The first-order valence-corrected chi connectivity index (χ1v) is 10.8. The number of aryl methyl sites for hydroxylation is 1. The molecule has 0 radical (unpaired) electrons. The number of aromatic nitrogens is 2. The third kappa shape index (κ3) is 3.70. The molecule has 0 bridgehead atoms. The lowest BCUT2D eigenvalue weighted by molar-refractivity contribution is -0.131. The van der Waals surface area contributed by atoms with Crippen molar-refractivity contribution < 1.29 is 9.59 Å². The van der Waals surface area contributed by atoms with Gasteiger partial charge in [0.25, 0.3) is 11.5 Å². The van der Waals surface area contributed by atoms with E-state index in [1.165, 1.54) is 22.2 Å². The van der Waals surface area contributed by atoms with E-state index in [2.05, 4.69) is 11.9 Å². The lowest BCUT2D eigenvalue weighted by Gasteiger charge is -2.33. The summed E-state index contributed by atoms with van der Waals surface area (Å²) < 4.78 is 1.35. The molecule has 1 fully saturated rings. The Morgan fingerprint density at radius 2 is 2.00 bits per heavy atom. The Labute approximate surface area is 169 Å². The first-order chi connectivity index (χ1) is 13.4. The fourth-order valence-corrected chi connectivity index (χ4v) is 4.92. The minimum Gasteiger partial charge on any atom is -0.342 e. The van der Waals surface area contributed by atoms with Crippen LogP contribution in [0.1, 0.15) is 55.3 Å². The largest absolute Gasteiger partial charge is 0.342 e. The molecule has 152 valence electrons. The number of likely N-dealkylation sites (N-methyl/N-ethyl adjacent to an activating group) is 1. The van der Waals surface area contributed by atoms with Crippen LogP contribution in [0.5, 0.6) is 0 Å². The fourth-order valence-electron chi connectivity index (χ4n) is 3.83. The second kappa shape index (κ2) is 8.43. The van der Waals surface area contributed by atoms with Crippen LogP contribution in [0, 0.1) is 6.92 Å². The Kier molecular flexibility index (Phi) is 6.17. The molecule has 3 rings (SSSR count). The van der Waals surface area contributed by atoms with Crippen molar-refractivity contribution in [3.05, 3.63) is 27.1 Å². The topological polar surface area (TPSA) is 75.5 Å². The number of fused-ring (bicyclic) bond motifs is 1. The highest BCUT2D eigenvalue weighted by Gasteiger charge is 2.28. The van der Waals surface area contributed by atoms with Gasteiger partial charge in [0.2, 0.25) is 5.91 Å². The molecule has 0 aliphatic carbocycles. The molecule has 1 aliphatic heterocycles. The molecule has 0 spiro atoms. The van der Waals surface area contributed by atoms with Gasteiger partial charge < -0.3 is 9.80 Å². The third-order valence-corrected chi connectivity index (χ3v) is 6.78. The van der Waals surface area contributed by atoms with E-state index in [4.69, 9.17) is 0 Å². The number of piperidine rings is 1. The van der Waals surface area contributed by atoms with Crippen LogP contribution in [0.3, 0.4) is 0 Å². The molecule has 2 aromatic heterocycles. The molecule has 28 heavy (non-hydrogen) atoms. The molecular formula is C20H28N4O3S. The van der Waals surface area contributed by atoms with E-state index in [1.54, 1.807) is 11.8 Å². The Morgan fingerprint density at radius 3 is 2.64 bits per heavy atom. The molecule has 7 nitrogen and oxygen atoms in total. The van der Waals surface area contributed by atoms with E-state index in [-0.39, 0.29) is 30.0 Å². The zero-order valence-corrected chi connectivity index (χ0v) is 17.8. The van der Waals surface area contributed by atoms with Crippen molar-refractivity contribution in [2.45, 2.75) is 59.5 Å². The molecule has 2 aromatic rings. The number of thiophene rings is 1. The van der Waals surface area contributed by atoms with Crippen molar-refractivity contribution in [3.63, 3.8) is 0 Å². The number of amides is 2. The average Bonchev–Trinajstić information content (AvgIpc) is 3.02. The Hall–Kier alpha value is -2.22. The molecule has 0 saturated carbocycles. The number of hydrogen-bond donors (Lipinski definition) is 0. The van der Waals surface area contributed by atoms with E-state index in [0.717, 1.165) is 25.8 Å². The minimum absolute atomic E-state index is 0.0159. The van der Waals surface area contributed by atoms with Crippen LogP contribution in [-0.2, 0) is 11.3 Å². The summed E-state index contributed by atoms with van der Waals surface area (Å²) in [5.74, 6) is -0.127. The standard InChI is InChI=1S/C20H28N4O3S/c1-5-22(6-2)15(25)11-23-12-21-18-16(19(23)26)14(4)17(28-18)20(27)24-10-8-7-9-13(24)3/h12-13H,5-11H2,1-4H3/t13-/m1/s1. The minimum atomic E-state index is -0.259. The molecule has 1 saturated heterocycles. The molecule has 2 amide bonds. The van der Waals surface area contributed by atoms with E-state index < -0.39 is 0 Å². The van der Waals surface area contributed by atoms with Gasteiger partial charge in [-0.25, -0.2) is 4.98 Å². The lowest BCUT2D eigenvalue weighted by Crippen LogP contribution is -2.41. The summed E-state index contributed by atoms with van der Waals surface area (Å²) in [5.41, 5.74) is 0.412. The highest BCUT2D eigenvalue weighted by molar-refractivity contribution is 7.20. The third-order valence-electron chi connectivity index (χ3n) is 5.60. The number of rotatable bonds is 5. The Morgan fingerprint density at radius 1 is 1.29 bits per heavy atom. The van der Waals surface area contributed by atoms with Crippen LogP contribution in [0.15, 0.2) is 11.1 Å². The zero-order chi connectivity index (χ0) is 20.4. The van der Waals surface area contributed by atoms with Crippen molar-refractivity contribution >= 4 is 33.4 Å². The van der Waals surface area contributed by atoms with Gasteiger partial charge in [0.15, 0.2) is 0 Å². The van der Waals surface area contributed by atoms with Crippen molar-refractivity contribution in [1.29, 1.82) is 0 Å². The summed E-state index contributed by atoms with van der Waals surface area (Å²) >= 11 is 1.27. The van der Waals surface area contributed by atoms with Gasteiger partial charge in [-0.05, 0) is 52.5 Å². The summed E-state index contributed by atoms with van der Waals surface area (Å²) in [6.45, 7) is 9.62. The maximum Gasteiger partial charge on any atom is 0.264 e. The average molecular weight is 405 g/mol. The highest BCUT2D eigenvalue weighted by Crippen LogP contribution is 2.30. The lowest BCUT2D eigenvalue weighted by atomic mass is 10.0. The predicted molar refractivity (Wildman–Crippen MR) is 111 cm³/mol. The second-order valence-corrected chi connectivity index (χ2v) is 8.32. The van der Waals surface area contributed by atoms with Crippen LogP contribution in [-0.4, -0.2) is 56.8 Å². The first kappa shape index (κ1) is 20.5. The number of likely N-dealkylation sites (tertiary alicyclic amines) is 1. The van der Waals surface area contributed by atoms with Gasteiger partial charge in [-0.3, -0.25) is 19.0 Å². The van der Waals surface area contributed by atoms with E-state index in [9.17, 15) is 14.4 Å². The van der Waals surface area contributed by atoms with Crippen molar-refractivity contribution in [1.82, 2.24) is 19.4 Å². The number of carbonyl (C=O) groups is 2. The Bertz CT molecular complexity index is 945. The fraction of sp³-hybridized carbons (Fsp3) is 0.600. The molecule has 0 unspecified atom stereocenters. The van der Waals surface area contributed by atoms with E-state index in [1.807, 2.05) is 18.7 Å². The molecule has 0 aromatic carbocycles. The van der Waals surface area contributed by atoms with E-state index in [0.29, 0.717) is 33.7 Å². The van der Waals surface area contributed by atoms with Gasteiger partial charge >= 0.3 is 0 Å². The highest BCUT2D eigenvalue weighted by atomic mass is 32.1. The summed E-state index contributed by atoms with van der Waals surface area (Å²) in [5, 5.41) is 0.452. The van der Waals surface area contributed by atoms with Crippen molar-refractivity contribution in [2.24, 2.45) is 0 Å². The smallest absolute Gasteiger partial charge is 0.264 e. The summed E-state index contributed by atoms with van der Waals surface area (Å²) in [7, 11) is 0. The molecule has 1 atom stereocenters. The number of nitrogens with zero attached hydrogens (tertiary/aromatic N) is 4. The van der Waals surface area contributed by atoms with Crippen LogP contribution in [0.4, 0.5) is 0 Å².